The summed E-state index contributed by atoms with van der Waals surface area (Å²) in [7, 11) is 0. The molecule has 0 bridgehead atoms. The van der Waals surface area contributed by atoms with Gasteiger partial charge in [-0.2, -0.15) is 26.3 Å². The Morgan fingerprint density at radius 2 is 1.09 bits per heavy atom. The molecule has 9 heteroatoms. The average Bonchev–Trinajstić information content (AvgIpc) is 1.58. The Hall–Kier alpha value is 0.520. The molecule has 0 aromatic carbocycles. The third-order valence-corrected chi connectivity index (χ3v) is 4.35. The van der Waals surface area contributed by atoms with Gasteiger partial charge in [0.1, 0.15) is 0 Å². The third-order valence-electron chi connectivity index (χ3n) is 0.652. The number of alkyl halides is 6. The normalized spacial score (nSPS) is 15.2. The van der Waals surface area contributed by atoms with Crippen LogP contribution >= 0.6 is 16.6 Å². The fourth-order valence-electron chi connectivity index (χ4n) is 0.144. The van der Waals surface area contributed by atoms with Gasteiger partial charge in [0.05, 0.1) is 0 Å². The highest BCUT2D eigenvalue weighted by molar-refractivity contribution is 8.28. The van der Waals surface area contributed by atoms with Gasteiger partial charge in [-0.3, -0.25) is 0 Å². The summed E-state index contributed by atoms with van der Waals surface area (Å²) in [6, 6.07) is 0. The minimum atomic E-state index is -5.75. The van der Waals surface area contributed by atoms with Crippen molar-refractivity contribution in [2.45, 2.75) is 11.8 Å². The minimum absolute atomic E-state index is 3.24. The standard InChI is InChI=1S/C2ClF6PS/c3-10(11,1(4,5)6)2(7,8)9. The number of rotatable bonds is 0. The molecule has 0 saturated carbocycles. The van der Waals surface area contributed by atoms with Gasteiger partial charge in [-0.05, 0) is 0 Å². The van der Waals surface area contributed by atoms with Gasteiger partial charge >= 0.3 is 11.8 Å². The number of hydrogen-bond acceptors (Lipinski definition) is 1. The quantitative estimate of drug-likeness (QED) is 0.457. The highest BCUT2D eigenvalue weighted by atomic mass is 35.7. The zero-order valence-corrected chi connectivity index (χ0v) is 6.97. The lowest BCUT2D eigenvalue weighted by molar-refractivity contribution is -0.0807. The first kappa shape index (κ1) is 11.5. The molecule has 0 amide bonds. The molecule has 0 aliphatic heterocycles. The predicted octanol–water partition coefficient (Wildman–Crippen LogP) is 3.66. The summed E-state index contributed by atoms with van der Waals surface area (Å²) in [5, 5.41) is -5.75. The molecular formula is C2ClF6PS. The summed E-state index contributed by atoms with van der Waals surface area (Å²) >= 11 is 7.41. The van der Waals surface area contributed by atoms with Crippen LogP contribution in [0.3, 0.4) is 0 Å². The van der Waals surface area contributed by atoms with E-state index < -0.39 is 17.2 Å². The molecule has 0 aromatic heterocycles. The molecule has 0 saturated heterocycles. The van der Waals surface area contributed by atoms with Gasteiger partial charge in [-0.1, -0.05) is 23.0 Å². The summed E-state index contributed by atoms with van der Waals surface area (Å²) in [4.78, 5) is 0. The highest BCUT2D eigenvalue weighted by Crippen LogP contribution is 2.75. The predicted molar refractivity (Wildman–Crippen MR) is 32.2 cm³/mol. The van der Waals surface area contributed by atoms with E-state index in [2.05, 4.69) is 23.0 Å². The van der Waals surface area contributed by atoms with Gasteiger partial charge in [-0.15, -0.1) is 0 Å². The fraction of sp³-hybridized carbons (Fsp3) is 1.00. The Kier molecular flexibility index (Phi) is 2.91. The van der Waals surface area contributed by atoms with E-state index in [1.54, 1.807) is 0 Å². The van der Waals surface area contributed by atoms with Crippen molar-refractivity contribution < 1.29 is 26.3 Å². The molecule has 68 valence electrons. The smallest absolute Gasteiger partial charge is 0.164 e. The Morgan fingerprint density at radius 1 is 0.909 bits per heavy atom. The second kappa shape index (κ2) is 2.78. The van der Waals surface area contributed by atoms with Crippen molar-refractivity contribution in [1.82, 2.24) is 0 Å². The van der Waals surface area contributed by atoms with Gasteiger partial charge in [0.15, 0.2) is 0 Å². The topological polar surface area (TPSA) is 0 Å². The van der Waals surface area contributed by atoms with Crippen LogP contribution in [0.1, 0.15) is 0 Å². The molecule has 0 rings (SSSR count). The Balaban J connectivity index is 4.92. The van der Waals surface area contributed by atoms with Crippen LogP contribution in [0.5, 0.6) is 0 Å². The maximum absolute atomic E-state index is 11.4. The summed E-state index contributed by atoms with van der Waals surface area (Å²) in [6.45, 7) is 0. The second-order valence-electron chi connectivity index (χ2n) is 1.47. The van der Waals surface area contributed by atoms with Crippen molar-refractivity contribution in [1.29, 1.82) is 0 Å². The Labute approximate surface area is 67.3 Å². The molecule has 0 aliphatic rings. The van der Waals surface area contributed by atoms with Crippen LogP contribution in [0.4, 0.5) is 26.3 Å². The lowest BCUT2D eigenvalue weighted by Crippen LogP contribution is -2.17. The van der Waals surface area contributed by atoms with Gasteiger partial charge in [0.2, 0.25) is 5.39 Å². The van der Waals surface area contributed by atoms with E-state index in [0.29, 0.717) is 0 Å². The first-order valence-corrected chi connectivity index (χ1v) is 5.64. The van der Waals surface area contributed by atoms with Crippen LogP contribution in [0.25, 0.3) is 0 Å². The molecule has 0 fully saturated rings. The van der Waals surface area contributed by atoms with Gasteiger partial charge in [-0.25, -0.2) is 0 Å². The molecule has 0 radical (unpaired) electrons. The molecule has 0 heterocycles. The summed E-state index contributed by atoms with van der Waals surface area (Å²) in [6.07, 6.45) is 0. The molecule has 0 atom stereocenters. The maximum Gasteiger partial charge on any atom is 0.436 e. The summed E-state index contributed by atoms with van der Waals surface area (Å²) < 4.78 is 68.5. The van der Waals surface area contributed by atoms with Crippen molar-refractivity contribution >= 4 is 28.4 Å². The van der Waals surface area contributed by atoms with Crippen molar-refractivity contribution in [3.8, 4) is 0 Å². The maximum atomic E-state index is 11.4. The van der Waals surface area contributed by atoms with E-state index in [0.717, 1.165) is 0 Å². The largest absolute Gasteiger partial charge is 0.436 e. The lowest BCUT2D eigenvalue weighted by Gasteiger charge is -2.19. The molecular weight excluding hydrogens is 237 g/mol. The van der Waals surface area contributed by atoms with Gasteiger partial charge in [0, 0.05) is 0 Å². The minimum Gasteiger partial charge on any atom is -0.164 e. The van der Waals surface area contributed by atoms with Crippen LogP contribution in [0.2, 0.25) is 0 Å². The lowest BCUT2D eigenvalue weighted by atomic mass is 11.5. The molecule has 0 spiro atoms. The summed E-state index contributed by atoms with van der Waals surface area (Å²) in [5.74, 6) is -11.1. The van der Waals surface area contributed by atoms with Crippen molar-refractivity contribution in [2.75, 3.05) is 0 Å². The number of hydrogen-bond donors (Lipinski definition) is 0. The van der Waals surface area contributed by atoms with Crippen molar-refractivity contribution in [2.24, 2.45) is 0 Å². The van der Waals surface area contributed by atoms with Crippen LogP contribution < -0.4 is 0 Å². The van der Waals surface area contributed by atoms with Crippen LogP contribution in [0.15, 0.2) is 0 Å². The molecule has 0 unspecified atom stereocenters. The molecule has 0 N–H and O–H groups in total. The molecule has 11 heavy (non-hydrogen) atoms. The fourth-order valence-corrected chi connectivity index (χ4v) is 0.431. The zero-order chi connectivity index (χ0) is 9.50. The first-order valence-electron chi connectivity index (χ1n) is 1.93. The van der Waals surface area contributed by atoms with E-state index in [1.807, 2.05) is 0 Å². The Morgan fingerprint density at radius 3 is 1.09 bits per heavy atom. The zero-order valence-electron chi connectivity index (χ0n) is 4.50. The molecule has 0 aromatic rings. The van der Waals surface area contributed by atoms with E-state index in [1.165, 1.54) is 0 Å². The third kappa shape index (κ3) is 2.23. The second-order valence-corrected chi connectivity index (χ2v) is 7.31. The van der Waals surface area contributed by atoms with Crippen LogP contribution in [-0.4, -0.2) is 11.8 Å². The van der Waals surface area contributed by atoms with Gasteiger partial charge < -0.3 is 0 Å². The van der Waals surface area contributed by atoms with Gasteiger partial charge in [0.25, 0.3) is 0 Å². The monoisotopic (exact) mass is 236 g/mol. The van der Waals surface area contributed by atoms with Crippen LogP contribution in [-0.2, 0) is 11.8 Å². The average molecular weight is 237 g/mol. The molecule has 0 aliphatic carbocycles. The first-order chi connectivity index (χ1) is 4.50. The van der Waals surface area contributed by atoms with E-state index in [-0.39, 0.29) is 0 Å². The SMILES string of the molecule is FC(F)(F)P(=S)(Cl)C(F)(F)F. The summed E-state index contributed by atoms with van der Waals surface area (Å²) in [5.41, 5.74) is 0. The van der Waals surface area contributed by atoms with Crippen LogP contribution in [0, 0.1) is 0 Å². The van der Waals surface area contributed by atoms with Crippen molar-refractivity contribution in [3.63, 3.8) is 0 Å². The highest BCUT2D eigenvalue weighted by Gasteiger charge is 2.62. The van der Waals surface area contributed by atoms with E-state index in [9.17, 15) is 26.3 Å². The Bertz CT molecular complexity index is 174. The van der Waals surface area contributed by atoms with Crippen molar-refractivity contribution in [3.05, 3.63) is 0 Å². The van der Waals surface area contributed by atoms with E-state index >= 15 is 0 Å². The van der Waals surface area contributed by atoms with E-state index in [4.69, 9.17) is 0 Å². The molecule has 0 nitrogen and oxygen atoms in total. The number of halogens is 7.